The lowest BCUT2D eigenvalue weighted by atomic mass is 9.92. The van der Waals surface area contributed by atoms with Crippen molar-refractivity contribution in [2.75, 3.05) is 11.9 Å². The van der Waals surface area contributed by atoms with Gasteiger partial charge in [-0.15, -0.1) is 0 Å². The summed E-state index contributed by atoms with van der Waals surface area (Å²) in [5.74, 6) is -1.18. The minimum absolute atomic E-state index is 0.134. The number of anilines is 1. The molecular weight excluding hydrogens is 262 g/mol. The number of aliphatic carboxylic acids is 1. The van der Waals surface area contributed by atoms with Crippen LogP contribution in [0.5, 0.6) is 0 Å². The van der Waals surface area contributed by atoms with Gasteiger partial charge in [0.25, 0.3) is 0 Å². The Hall–Kier alpha value is -1.89. The number of nitrogens with one attached hydrogen (secondary N) is 2. The highest BCUT2D eigenvalue weighted by Crippen LogP contribution is 2.23. The molecule has 20 heavy (non-hydrogen) atoms. The minimum atomic E-state index is -1.17. The molecule has 0 aliphatic heterocycles. The van der Waals surface area contributed by atoms with Crippen LogP contribution < -0.4 is 10.6 Å². The molecule has 0 atom stereocenters. The summed E-state index contributed by atoms with van der Waals surface area (Å²) in [7, 11) is 0. The van der Waals surface area contributed by atoms with Gasteiger partial charge in [0.2, 0.25) is 11.8 Å². The maximum Gasteiger partial charge on any atom is 0.323 e. The van der Waals surface area contributed by atoms with Crippen LogP contribution in [0.25, 0.3) is 0 Å². The van der Waals surface area contributed by atoms with E-state index in [0.29, 0.717) is 0 Å². The van der Waals surface area contributed by atoms with E-state index in [1.54, 1.807) is 6.07 Å². The minimum Gasteiger partial charge on any atom is -0.480 e. The highest BCUT2D eigenvalue weighted by Gasteiger charge is 2.27. The Morgan fingerprint density at radius 2 is 1.90 bits per heavy atom. The molecule has 0 unspecified atom stereocenters. The van der Waals surface area contributed by atoms with Crippen molar-refractivity contribution in [3.8, 4) is 0 Å². The molecule has 0 aliphatic carbocycles. The van der Waals surface area contributed by atoms with E-state index < -0.39 is 17.4 Å². The van der Waals surface area contributed by atoms with Crippen LogP contribution in [-0.2, 0) is 15.0 Å². The van der Waals surface area contributed by atoms with Crippen molar-refractivity contribution in [2.24, 2.45) is 0 Å². The Morgan fingerprint density at radius 3 is 2.35 bits per heavy atom. The van der Waals surface area contributed by atoms with Crippen LogP contribution in [0.1, 0.15) is 40.3 Å². The van der Waals surface area contributed by atoms with Crippen molar-refractivity contribution in [1.29, 1.82) is 0 Å². The number of aromatic nitrogens is 1. The molecule has 1 rings (SSSR count). The molecule has 1 amide bonds. The fourth-order valence-electron chi connectivity index (χ4n) is 1.25. The van der Waals surface area contributed by atoms with Gasteiger partial charge in [0.1, 0.15) is 5.54 Å². The lowest BCUT2D eigenvalue weighted by Crippen LogP contribution is -2.49. The third-order valence-electron chi connectivity index (χ3n) is 2.77. The first-order valence-electron chi connectivity index (χ1n) is 6.28. The van der Waals surface area contributed by atoms with Crippen LogP contribution in [0.4, 0.5) is 5.88 Å². The average molecular weight is 283 g/mol. The zero-order valence-corrected chi connectivity index (χ0v) is 12.4. The molecule has 0 saturated heterocycles. The van der Waals surface area contributed by atoms with Crippen molar-refractivity contribution >= 4 is 17.8 Å². The summed E-state index contributed by atoms with van der Waals surface area (Å²) in [4.78, 5) is 22.6. The predicted octanol–water partition coefficient (Wildman–Crippen LogP) is 1.36. The van der Waals surface area contributed by atoms with Crippen LogP contribution in [-0.4, -0.2) is 34.2 Å². The molecule has 0 aliphatic rings. The molecule has 0 bridgehead atoms. The summed E-state index contributed by atoms with van der Waals surface area (Å²) in [5.41, 5.74) is -0.614. The lowest BCUT2D eigenvalue weighted by Gasteiger charge is -2.20. The van der Waals surface area contributed by atoms with Gasteiger partial charge in [-0.3, -0.25) is 20.2 Å². The van der Waals surface area contributed by atoms with Crippen LogP contribution in [0.3, 0.4) is 0 Å². The molecule has 0 spiro atoms. The number of carbonyl (C=O) groups excluding carboxylic acids is 1. The second kappa shape index (κ2) is 5.62. The van der Waals surface area contributed by atoms with Crippen LogP contribution in [0, 0.1) is 0 Å². The molecule has 0 aromatic carbocycles. The molecule has 112 valence electrons. The number of carboxylic acids is 1. The number of hydrogen-bond acceptors (Lipinski definition) is 5. The van der Waals surface area contributed by atoms with Gasteiger partial charge < -0.3 is 9.63 Å². The zero-order valence-electron chi connectivity index (χ0n) is 12.4. The van der Waals surface area contributed by atoms with E-state index >= 15 is 0 Å². The molecule has 1 heterocycles. The highest BCUT2D eigenvalue weighted by atomic mass is 16.5. The van der Waals surface area contributed by atoms with Crippen molar-refractivity contribution in [1.82, 2.24) is 10.5 Å². The van der Waals surface area contributed by atoms with Gasteiger partial charge in [-0.05, 0) is 13.8 Å². The number of amides is 1. The molecule has 1 aromatic rings. The van der Waals surface area contributed by atoms with E-state index in [4.69, 9.17) is 9.63 Å². The molecule has 7 heteroatoms. The van der Waals surface area contributed by atoms with Gasteiger partial charge in [-0.1, -0.05) is 25.9 Å². The van der Waals surface area contributed by atoms with E-state index in [0.717, 1.165) is 5.69 Å². The molecule has 1 aromatic heterocycles. The van der Waals surface area contributed by atoms with Crippen molar-refractivity contribution in [3.05, 3.63) is 11.8 Å². The van der Waals surface area contributed by atoms with Gasteiger partial charge >= 0.3 is 5.97 Å². The van der Waals surface area contributed by atoms with E-state index in [2.05, 4.69) is 15.8 Å². The predicted molar refractivity (Wildman–Crippen MR) is 73.6 cm³/mol. The van der Waals surface area contributed by atoms with Gasteiger partial charge in [-0.25, -0.2) is 0 Å². The number of carboxylic acid groups (broad SMARTS) is 1. The quantitative estimate of drug-likeness (QED) is 0.753. The van der Waals surface area contributed by atoms with Crippen molar-refractivity contribution in [2.45, 2.75) is 45.6 Å². The Morgan fingerprint density at radius 1 is 1.30 bits per heavy atom. The summed E-state index contributed by atoms with van der Waals surface area (Å²) in [6, 6.07) is 1.65. The summed E-state index contributed by atoms with van der Waals surface area (Å²) in [6.45, 7) is 8.77. The summed E-state index contributed by atoms with van der Waals surface area (Å²) in [5, 5.41) is 18.0. The first-order valence-corrected chi connectivity index (χ1v) is 6.28. The van der Waals surface area contributed by atoms with Gasteiger partial charge in [0, 0.05) is 11.5 Å². The van der Waals surface area contributed by atoms with Crippen LogP contribution in [0.15, 0.2) is 10.6 Å². The van der Waals surface area contributed by atoms with Gasteiger partial charge in [0.05, 0.1) is 12.2 Å². The highest BCUT2D eigenvalue weighted by molar-refractivity contribution is 5.91. The number of nitrogens with zero attached hydrogens (tertiary/aromatic N) is 1. The first kappa shape index (κ1) is 16.2. The van der Waals surface area contributed by atoms with E-state index in [9.17, 15) is 9.59 Å². The fraction of sp³-hybridized carbons (Fsp3) is 0.615. The fourth-order valence-corrected chi connectivity index (χ4v) is 1.25. The Balaban J connectivity index is 2.55. The standard InChI is InChI=1S/C13H21N3O4/c1-12(2,3)8-6-10(20-16-8)15-9(17)7-14-13(4,5)11(18)19/h6,14H,7H2,1-5H3,(H,15,17)(H,18,19). The Kier molecular flexibility index (Phi) is 4.54. The van der Waals surface area contributed by atoms with Crippen molar-refractivity contribution < 1.29 is 19.2 Å². The number of carbonyl (C=O) groups is 2. The number of hydrogen-bond donors (Lipinski definition) is 3. The summed E-state index contributed by atoms with van der Waals surface area (Å²) >= 11 is 0. The Labute approximate surface area is 117 Å². The normalized spacial score (nSPS) is 12.2. The third-order valence-corrected chi connectivity index (χ3v) is 2.77. The second-order valence-corrected chi connectivity index (χ2v) is 6.16. The Bertz CT molecular complexity index is 500. The second-order valence-electron chi connectivity index (χ2n) is 6.16. The third kappa shape index (κ3) is 4.34. The zero-order chi connectivity index (χ0) is 15.6. The maximum atomic E-state index is 11.7. The molecule has 7 nitrogen and oxygen atoms in total. The topological polar surface area (TPSA) is 104 Å². The largest absolute Gasteiger partial charge is 0.480 e. The molecule has 0 saturated carbocycles. The van der Waals surface area contributed by atoms with E-state index in [-0.39, 0.29) is 17.8 Å². The average Bonchev–Trinajstić information content (AvgIpc) is 2.74. The van der Waals surface area contributed by atoms with E-state index in [1.165, 1.54) is 13.8 Å². The lowest BCUT2D eigenvalue weighted by molar-refractivity contribution is -0.143. The first-order chi connectivity index (χ1) is 9.02. The summed E-state index contributed by atoms with van der Waals surface area (Å²) in [6.07, 6.45) is 0. The maximum absolute atomic E-state index is 11.7. The molecule has 0 fully saturated rings. The van der Waals surface area contributed by atoms with Crippen LogP contribution in [0.2, 0.25) is 0 Å². The molecular formula is C13H21N3O4. The molecule has 3 N–H and O–H groups in total. The number of rotatable bonds is 5. The van der Waals surface area contributed by atoms with E-state index in [1.807, 2.05) is 20.8 Å². The van der Waals surface area contributed by atoms with Crippen LogP contribution >= 0.6 is 0 Å². The monoisotopic (exact) mass is 283 g/mol. The van der Waals surface area contributed by atoms with Gasteiger partial charge in [-0.2, -0.15) is 0 Å². The molecule has 0 radical (unpaired) electrons. The van der Waals surface area contributed by atoms with Crippen molar-refractivity contribution in [3.63, 3.8) is 0 Å². The summed E-state index contributed by atoms with van der Waals surface area (Å²) < 4.78 is 5.02. The van der Waals surface area contributed by atoms with Gasteiger partial charge in [0.15, 0.2) is 0 Å². The smallest absolute Gasteiger partial charge is 0.323 e. The SMILES string of the molecule is CC(C)(NCC(=O)Nc1cc(C(C)(C)C)no1)C(=O)O.